The summed E-state index contributed by atoms with van der Waals surface area (Å²) < 4.78 is 28.4. The van der Waals surface area contributed by atoms with E-state index in [0.29, 0.717) is 20.8 Å². The average Bonchev–Trinajstić information content (AvgIpc) is 2.73. The minimum atomic E-state index is -0.512. The van der Waals surface area contributed by atoms with Crippen LogP contribution in [0.15, 0.2) is 24.3 Å². The Kier molecular flexibility index (Phi) is 5.38. The maximum Gasteiger partial charge on any atom is 0.128 e. The van der Waals surface area contributed by atoms with E-state index >= 15 is 0 Å². The molecule has 1 heterocycles. The lowest BCUT2D eigenvalue weighted by Crippen LogP contribution is -2.24. The zero-order valence-electron chi connectivity index (χ0n) is 10.7. The molecule has 0 aliphatic heterocycles. The highest BCUT2D eigenvalue weighted by Crippen LogP contribution is 2.38. The second-order valence-electron chi connectivity index (χ2n) is 4.33. The summed E-state index contributed by atoms with van der Waals surface area (Å²) >= 11 is 13.3. The Morgan fingerprint density at radius 3 is 2.55 bits per heavy atom. The largest absolute Gasteiger partial charge is 0.306 e. The van der Waals surface area contributed by atoms with E-state index in [2.05, 4.69) is 5.32 Å². The second-order valence-corrected chi connectivity index (χ2v) is 6.62. The van der Waals surface area contributed by atoms with E-state index in [4.69, 9.17) is 23.2 Å². The summed E-state index contributed by atoms with van der Waals surface area (Å²) in [4.78, 5) is 0. The van der Waals surface area contributed by atoms with Crippen molar-refractivity contribution >= 4 is 34.5 Å². The normalized spacial score (nSPS) is 12.7. The molecule has 6 heteroatoms. The van der Waals surface area contributed by atoms with Crippen LogP contribution in [0.25, 0.3) is 0 Å². The summed E-state index contributed by atoms with van der Waals surface area (Å²) in [5.74, 6) is -0.958. The van der Waals surface area contributed by atoms with E-state index in [1.165, 1.54) is 17.4 Å². The molecule has 1 atom stereocenters. The fourth-order valence-corrected chi connectivity index (χ4v) is 3.49. The van der Waals surface area contributed by atoms with Crippen molar-refractivity contribution in [2.45, 2.75) is 19.4 Å². The van der Waals surface area contributed by atoms with Crippen LogP contribution in [-0.2, 0) is 0 Å². The number of rotatable bonds is 5. The lowest BCUT2D eigenvalue weighted by atomic mass is 10.0. The monoisotopic (exact) mass is 335 g/mol. The minimum absolute atomic E-state index is 0.231. The summed E-state index contributed by atoms with van der Waals surface area (Å²) in [7, 11) is 0. The number of thiophene rings is 1. The van der Waals surface area contributed by atoms with Crippen LogP contribution in [0.2, 0.25) is 8.67 Å². The molecule has 2 rings (SSSR count). The Balaban J connectivity index is 2.46. The van der Waals surface area contributed by atoms with Gasteiger partial charge in [0.15, 0.2) is 0 Å². The molecular weight excluding hydrogens is 323 g/mol. The molecule has 1 nitrogen and oxygen atoms in total. The maximum absolute atomic E-state index is 14.0. The quantitative estimate of drug-likeness (QED) is 0.768. The van der Waals surface area contributed by atoms with E-state index in [0.717, 1.165) is 18.6 Å². The second kappa shape index (κ2) is 6.85. The van der Waals surface area contributed by atoms with Crippen LogP contribution in [0.4, 0.5) is 8.78 Å². The Morgan fingerprint density at radius 2 is 1.95 bits per heavy atom. The van der Waals surface area contributed by atoms with Crippen LogP contribution < -0.4 is 5.32 Å². The number of benzene rings is 1. The molecule has 108 valence electrons. The van der Waals surface area contributed by atoms with Gasteiger partial charge < -0.3 is 5.32 Å². The van der Waals surface area contributed by atoms with Crippen LogP contribution in [-0.4, -0.2) is 6.54 Å². The summed E-state index contributed by atoms with van der Waals surface area (Å²) in [6, 6.07) is 4.57. The zero-order valence-corrected chi connectivity index (χ0v) is 13.0. The van der Waals surface area contributed by atoms with Crippen molar-refractivity contribution in [3.63, 3.8) is 0 Å². The van der Waals surface area contributed by atoms with Gasteiger partial charge in [0.05, 0.1) is 14.7 Å². The predicted octanol–water partition coefficient (Wildman–Crippen LogP) is 5.42. The number of hydrogen-bond acceptors (Lipinski definition) is 2. The lowest BCUT2D eigenvalue weighted by molar-refractivity contribution is 0.536. The van der Waals surface area contributed by atoms with Crippen LogP contribution in [0.3, 0.4) is 0 Å². The highest BCUT2D eigenvalue weighted by molar-refractivity contribution is 7.20. The third kappa shape index (κ3) is 3.50. The molecule has 0 spiro atoms. The molecule has 0 aliphatic carbocycles. The SMILES string of the molecule is CCCNC(c1cc(F)ccc1F)c1cc(Cl)sc1Cl. The van der Waals surface area contributed by atoms with Crippen LogP contribution >= 0.6 is 34.5 Å². The fourth-order valence-electron chi connectivity index (χ4n) is 1.96. The van der Waals surface area contributed by atoms with Crippen molar-refractivity contribution in [1.29, 1.82) is 0 Å². The Morgan fingerprint density at radius 1 is 1.20 bits per heavy atom. The molecule has 2 aromatic rings. The maximum atomic E-state index is 14.0. The molecule has 1 N–H and O–H groups in total. The van der Waals surface area contributed by atoms with Crippen LogP contribution in [0, 0.1) is 11.6 Å². The smallest absolute Gasteiger partial charge is 0.128 e. The first-order valence-corrected chi connectivity index (χ1v) is 7.73. The number of nitrogens with one attached hydrogen (secondary N) is 1. The van der Waals surface area contributed by atoms with Gasteiger partial charge in [-0.2, -0.15) is 0 Å². The third-order valence-electron chi connectivity index (χ3n) is 2.86. The van der Waals surface area contributed by atoms with E-state index in [1.807, 2.05) is 6.92 Å². The van der Waals surface area contributed by atoms with E-state index in [9.17, 15) is 8.78 Å². The Bertz CT molecular complexity index is 601. The standard InChI is InChI=1S/C14H13Cl2F2NS/c1-2-5-19-13(10-7-12(15)20-14(10)16)9-6-8(17)3-4-11(9)18/h3-4,6-7,13,19H,2,5H2,1H3. The van der Waals surface area contributed by atoms with Gasteiger partial charge in [0, 0.05) is 11.1 Å². The zero-order chi connectivity index (χ0) is 14.7. The molecule has 1 unspecified atom stereocenters. The van der Waals surface area contributed by atoms with Gasteiger partial charge in [-0.25, -0.2) is 8.78 Å². The molecule has 1 aromatic carbocycles. The van der Waals surface area contributed by atoms with Crippen molar-refractivity contribution in [3.05, 3.63) is 55.7 Å². The minimum Gasteiger partial charge on any atom is -0.306 e. The van der Waals surface area contributed by atoms with Crippen molar-refractivity contribution in [3.8, 4) is 0 Å². The average molecular weight is 336 g/mol. The summed E-state index contributed by atoms with van der Waals surface area (Å²) in [6.45, 7) is 2.65. The first-order valence-electron chi connectivity index (χ1n) is 6.16. The Labute approximate surface area is 130 Å². The first kappa shape index (κ1) is 15.7. The first-order chi connectivity index (χ1) is 9.52. The molecule has 0 fully saturated rings. The van der Waals surface area contributed by atoms with E-state index < -0.39 is 17.7 Å². The van der Waals surface area contributed by atoms with Crippen LogP contribution in [0.5, 0.6) is 0 Å². The molecule has 0 saturated carbocycles. The van der Waals surface area contributed by atoms with E-state index in [1.54, 1.807) is 6.07 Å². The van der Waals surface area contributed by atoms with Crippen LogP contribution in [0.1, 0.15) is 30.5 Å². The van der Waals surface area contributed by atoms with Gasteiger partial charge in [-0.15, -0.1) is 11.3 Å². The van der Waals surface area contributed by atoms with Crippen molar-refractivity contribution in [1.82, 2.24) is 5.32 Å². The fraction of sp³-hybridized carbons (Fsp3) is 0.286. The topological polar surface area (TPSA) is 12.0 Å². The van der Waals surface area contributed by atoms with E-state index in [-0.39, 0.29) is 5.56 Å². The molecule has 0 bridgehead atoms. The Hall–Kier alpha value is -0.680. The molecule has 0 aliphatic rings. The summed E-state index contributed by atoms with van der Waals surface area (Å²) in [5, 5.41) is 3.18. The van der Waals surface area contributed by atoms with Crippen molar-refractivity contribution in [2.75, 3.05) is 6.54 Å². The highest BCUT2D eigenvalue weighted by Gasteiger charge is 2.22. The van der Waals surface area contributed by atoms with Gasteiger partial charge >= 0.3 is 0 Å². The highest BCUT2D eigenvalue weighted by atomic mass is 35.5. The molecule has 0 radical (unpaired) electrons. The molecule has 0 amide bonds. The van der Waals surface area contributed by atoms with Crippen molar-refractivity contribution < 1.29 is 8.78 Å². The van der Waals surface area contributed by atoms with Gasteiger partial charge in [0.2, 0.25) is 0 Å². The van der Waals surface area contributed by atoms with Gasteiger partial charge in [0.1, 0.15) is 11.6 Å². The summed E-state index contributed by atoms with van der Waals surface area (Å²) in [5.41, 5.74) is 0.898. The predicted molar refractivity (Wildman–Crippen MR) is 80.8 cm³/mol. The molecular formula is C14H13Cl2F2NS. The van der Waals surface area contributed by atoms with Gasteiger partial charge in [-0.05, 0) is 37.2 Å². The lowest BCUT2D eigenvalue weighted by Gasteiger charge is -2.19. The van der Waals surface area contributed by atoms with Gasteiger partial charge in [-0.1, -0.05) is 30.1 Å². The van der Waals surface area contributed by atoms with Gasteiger partial charge in [-0.3, -0.25) is 0 Å². The molecule has 20 heavy (non-hydrogen) atoms. The third-order valence-corrected chi connectivity index (χ3v) is 4.38. The molecule has 1 aromatic heterocycles. The van der Waals surface area contributed by atoms with Gasteiger partial charge in [0.25, 0.3) is 0 Å². The number of hydrogen-bond donors (Lipinski definition) is 1. The summed E-state index contributed by atoms with van der Waals surface area (Å²) in [6.07, 6.45) is 0.864. The molecule has 0 saturated heterocycles. The van der Waals surface area contributed by atoms with Crippen molar-refractivity contribution in [2.24, 2.45) is 0 Å². The number of halogens is 4.